The molecule has 1 aromatic carbocycles. The van der Waals surface area contributed by atoms with E-state index in [1.807, 2.05) is 39.0 Å². The molecule has 1 N–H and O–H groups in total. The normalized spacial score (nSPS) is 12.2. The molecule has 21 heavy (non-hydrogen) atoms. The Morgan fingerprint density at radius 1 is 1.33 bits per heavy atom. The molecule has 112 valence electrons. The van der Waals surface area contributed by atoms with Crippen molar-refractivity contribution in [2.45, 2.75) is 38.2 Å². The van der Waals surface area contributed by atoms with Gasteiger partial charge in [0.05, 0.1) is 5.25 Å². The van der Waals surface area contributed by atoms with Crippen molar-refractivity contribution in [2.75, 3.05) is 6.54 Å². The number of aromatic nitrogens is 2. The third-order valence-electron chi connectivity index (χ3n) is 3.16. The number of nitrogens with zero attached hydrogens (tertiary/aromatic N) is 2. The standard InChI is InChI=1S/C15H19N3O2S/c1-5-16-13(19)11(4)21-15-18-17-14(20-15)12-7-6-9(2)10(3)8-12/h6-8,11H,5H2,1-4H3,(H,16,19)/t11-/m0/s1. The van der Waals surface area contributed by atoms with Gasteiger partial charge in [-0.2, -0.15) is 0 Å². The minimum Gasteiger partial charge on any atom is -0.411 e. The SMILES string of the molecule is CCNC(=O)[C@H](C)Sc1nnc(-c2ccc(C)c(C)c2)o1. The highest BCUT2D eigenvalue weighted by molar-refractivity contribution is 8.00. The summed E-state index contributed by atoms with van der Waals surface area (Å²) in [5.41, 5.74) is 3.29. The Morgan fingerprint density at radius 3 is 2.76 bits per heavy atom. The Hall–Kier alpha value is -1.82. The van der Waals surface area contributed by atoms with E-state index in [1.165, 1.54) is 22.9 Å². The van der Waals surface area contributed by atoms with Crippen molar-refractivity contribution in [1.29, 1.82) is 0 Å². The molecular formula is C15H19N3O2S. The van der Waals surface area contributed by atoms with E-state index in [0.29, 0.717) is 17.7 Å². The number of nitrogens with one attached hydrogen (secondary N) is 1. The molecule has 1 aromatic heterocycles. The van der Waals surface area contributed by atoms with Crippen LogP contribution in [0.3, 0.4) is 0 Å². The van der Waals surface area contributed by atoms with Gasteiger partial charge in [0.15, 0.2) is 0 Å². The van der Waals surface area contributed by atoms with Gasteiger partial charge < -0.3 is 9.73 Å². The number of carbonyl (C=O) groups excluding carboxylic acids is 1. The van der Waals surface area contributed by atoms with Crippen LogP contribution < -0.4 is 5.32 Å². The fourth-order valence-electron chi connectivity index (χ4n) is 1.77. The molecule has 1 atom stereocenters. The third kappa shape index (κ3) is 3.85. The number of rotatable bonds is 5. The number of thioether (sulfide) groups is 1. The van der Waals surface area contributed by atoms with Crippen LogP contribution in [0.1, 0.15) is 25.0 Å². The Bertz CT molecular complexity index is 640. The zero-order chi connectivity index (χ0) is 15.4. The van der Waals surface area contributed by atoms with Crippen LogP contribution in [-0.4, -0.2) is 27.9 Å². The quantitative estimate of drug-likeness (QED) is 0.860. The van der Waals surface area contributed by atoms with Crippen molar-refractivity contribution in [3.8, 4) is 11.5 Å². The van der Waals surface area contributed by atoms with Gasteiger partial charge in [0.1, 0.15) is 0 Å². The summed E-state index contributed by atoms with van der Waals surface area (Å²) >= 11 is 1.26. The topological polar surface area (TPSA) is 68.0 Å². The molecule has 0 saturated heterocycles. The van der Waals surface area contributed by atoms with E-state index in [9.17, 15) is 4.79 Å². The predicted molar refractivity (Wildman–Crippen MR) is 83.2 cm³/mol. The molecule has 0 aliphatic carbocycles. The number of hydrogen-bond donors (Lipinski definition) is 1. The van der Waals surface area contributed by atoms with E-state index in [2.05, 4.69) is 22.4 Å². The van der Waals surface area contributed by atoms with Crippen molar-refractivity contribution in [1.82, 2.24) is 15.5 Å². The van der Waals surface area contributed by atoms with Crippen LogP contribution in [0.25, 0.3) is 11.5 Å². The maximum absolute atomic E-state index is 11.7. The minimum absolute atomic E-state index is 0.0339. The van der Waals surface area contributed by atoms with E-state index < -0.39 is 0 Å². The summed E-state index contributed by atoms with van der Waals surface area (Å²) in [7, 11) is 0. The summed E-state index contributed by atoms with van der Waals surface area (Å²) in [5, 5.41) is 10.9. The fraction of sp³-hybridized carbons (Fsp3) is 0.400. The first kappa shape index (κ1) is 15.6. The van der Waals surface area contributed by atoms with E-state index in [4.69, 9.17) is 4.42 Å². The summed E-state index contributed by atoms with van der Waals surface area (Å²) in [4.78, 5) is 11.7. The first-order chi connectivity index (χ1) is 10.0. The highest BCUT2D eigenvalue weighted by atomic mass is 32.2. The minimum atomic E-state index is -0.266. The summed E-state index contributed by atoms with van der Waals surface area (Å²) in [6.45, 7) is 8.42. The first-order valence-electron chi connectivity index (χ1n) is 6.86. The van der Waals surface area contributed by atoms with Gasteiger partial charge in [-0.1, -0.05) is 17.8 Å². The first-order valence-corrected chi connectivity index (χ1v) is 7.74. The molecule has 0 aliphatic rings. The van der Waals surface area contributed by atoms with Crippen LogP contribution in [0.4, 0.5) is 0 Å². The van der Waals surface area contributed by atoms with Crippen LogP contribution in [0, 0.1) is 13.8 Å². The van der Waals surface area contributed by atoms with Gasteiger partial charge in [0, 0.05) is 12.1 Å². The number of hydrogen-bond acceptors (Lipinski definition) is 5. The zero-order valence-corrected chi connectivity index (χ0v) is 13.5. The lowest BCUT2D eigenvalue weighted by Gasteiger charge is -2.07. The van der Waals surface area contributed by atoms with Gasteiger partial charge in [-0.05, 0) is 51.0 Å². The maximum atomic E-state index is 11.7. The second-order valence-electron chi connectivity index (χ2n) is 4.83. The molecule has 6 heteroatoms. The lowest BCUT2D eigenvalue weighted by atomic mass is 10.1. The summed E-state index contributed by atoms with van der Waals surface area (Å²) < 4.78 is 5.62. The molecule has 0 saturated carbocycles. The summed E-state index contributed by atoms with van der Waals surface area (Å²) in [6.07, 6.45) is 0. The zero-order valence-electron chi connectivity index (χ0n) is 12.6. The van der Waals surface area contributed by atoms with Crippen molar-refractivity contribution < 1.29 is 9.21 Å². The number of carbonyl (C=O) groups is 1. The second kappa shape index (κ2) is 6.76. The molecule has 0 radical (unpaired) electrons. The van der Waals surface area contributed by atoms with E-state index in [-0.39, 0.29) is 11.2 Å². The smallest absolute Gasteiger partial charge is 0.277 e. The van der Waals surface area contributed by atoms with Gasteiger partial charge in [0.2, 0.25) is 11.8 Å². The molecule has 1 heterocycles. The van der Waals surface area contributed by atoms with Crippen LogP contribution in [-0.2, 0) is 4.79 Å². The van der Waals surface area contributed by atoms with E-state index in [1.54, 1.807) is 0 Å². The van der Waals surface area contributed by atoms with Crippen LogP contribution in [0.15, 0.2) is 27.8 Å². The van der Waals surface area contributed by atoms with Gasteiger partial charge in [-0.3, -0.25) is 4.79 Å². The average molecular weight is 305 g/mol. The molecule has 0 unspecified atom stereocenters. The molecular weight excluding hydrogens is 286 g/mol. The Labute approximate surface area is 128 Å². The predicted octanol–water partition coefficient (Wildman–Crippen LogP) is 2.97. The largest absolute Gasteiger partial charge is 0.411 e. The molecule has 2 aromatic rings. The molecule has 0 bridgehead atoms. The third-order valence-corrected chi connectivity index (χ3v) is 4.09. The molecule has 0 aliphatic heterocycles. The Kier molecular flexibility index (Phi) is 5.01. The van der Waals surface area contributed by atoms with Gasteiger partial charge in [-0.15, -0.1) is 10.2 Å². The highest BCUT2D eigenvalue weighted by Gasteiger charge is 2.18. The van der Waals surface area contributed by atoms with E-state index in [0.717, 1.165) is 5.56 Å². The van der Waals surface area contributed by atoms with Crippen LogP contribution >= 0.6 is 11.8 Å². The van der Waals surface area contributed by atoms with Crippen molar-refractivity contribution in [2.24, 2.45) is 0 Å². The average Bonchev–Trinajstić information content (AvgIpc) is 2.90. The molecule has 0 spiro atoms. The molecule has 1 amide bonds. The molecule has 5 nitrogen and oxygen atoms in total. The van der Waals surface area contributed by atoms with Crippen molar-refractivity contribution in [3.63, 3.8) is 0 Å². The maximum Gasteiger partial charge on any atom is 0.277 e. The van der Waals surface area contributed by atoms with Crippen LogP contribution in [0.5, 0.6) is 0 Å². The van der Waals surface area contributed by atoms with Crippen molar-refractivity contribution in [3.05, 3.63) is 29.3 Å². The number of benzene rings is 1. The Balaban J connectivity index is 2.10. The molecule has 2 rings (SSSR count). The van der Waals surface area contributed by atoms with Gasteiger partial charge in [-0.25, -0.2) is 0 Å². The lowest BCUT2D eigenvalue weighted by molar-refractivity contribution is -0.120. The van der Waals surface area contributed by atoms with E-state index >= 15 is 0 Å². The molecule has 0 fully saturated rings. The van der Waals surface area contributed by atoms with Crippen molar-refractivity contribution >= 4 is 17.7 Å². The highest BCUT2D eigenvalue weighted by Crippen LogP contribution is 2.27. The fourth-order valence-corrected chi connectivity index (χ4v) is 2.48. The second-order valence-corrected chi connectivity index (χ2v) is 6.12. The monoisotopic (exact) mass is 305 g/mol. The Morgan fingerprint density at radius 2 is 2.10 bits per heavy atom. The summed E-state index contributed by atoms with van der Waals surface area (Å²) in [5.74, 6) is 0.442. The van der Waals surface area contributed by atoms with Crippen LogP contribution in [0.2, 0.25) is 0 Å². The lowest BCUT2D eigenvalue weighted by Crippen LogP contribution is -2.30. The summed E-state index contributed by atoms with van der Waals surface area (Å²) in [6, 6.07) is 6.00. The van der Waals surface area contributed by atoms with Gasteiger partial charge >= 0.3 is 0 Å². The van der Waals surface area contributed by atoms with Gasteiger partial charge in [0.25, 0.3) is 5.22 Å². The number of aryl methyl sites for hydroxylation is 2. The number of amides is 1.